The maximum Gasteiger partial charge on any atom is 0.251 e. The molecule has 20 heavy (non-hydrogen) atoms. The number of rotatable bonds is 4. The maximum atomic E-state index is 12.1. The van der Waals surface area contributed by atoms with Gasteiger partial charge < -0.3 is 9.73 Å². The van der Waals surface area contributed by atoms with E-state index in [1.54, 1.807) is 25.1 Å². The first-order valence-electron chi connectivity index (χ1n) is 5.99. The van der Waals surface area contributed by atoms with E-state index in [1.807, 2.05) is 0 Å². The summed E-state index contributed by atoms with van der Waals surface area (Å²) in [5.41, 5.74) is 1.06. The van der Waals surface area contributed by atoms with Gasteiger partial charge in [-0.25, -0.2) is 8.42 Å². The molecule has 0 radical (unpaired) electrons. The standard InChI is InChI=1S/C14H15NO4S/c1-10-5-6-12(20(2,17)18)8-13(10)14(16)15-9-11-4-3-7-19-11/h3-8H,9H2,1-2H3,(H,15,16). The van der Waals surface area contributed by atoms with E-state index in [0.29, 0.717) is 16.9 Å². The third-order valence-corrected chi connectivity index (χ3v) is 4.00. The Balaban J connectivity index is 2.21. The summed E-state index contributed by atoms with van der Waals surface area (Å²) in [5.74, 6) is 0.305. The fourth-order valence-electron chi connectivity index (χ4n) is 1.75. The predicted octanol–water partition coefficient (Wildman–Crippen LogP) is 1.92. The van der Waals surface area contributed by atoms with Crippen molar-refractivity contribution in [2.24, 2.45) is 0 Å². The van der Waals surface area contributed by atoms with Gasteiger partial charge in [-0.3, -0.25) is 4.79 Å². The smallest absolute Gasteiger partial charge is 0.251 e. The maximum absolute atomic E-state index is 12.1. The number of amides is 1. The van der Waals surface area contributed by atoms with Gasteiger partial charge in [0.25, 0.3) is 5.91 Å². The van der Waals surface area contributed by atoms with E-state index in [4.69, 9.17) is 4.42 Å². The molecule has 106 valence electrons. The molecule has 0 atom stereocenters. The van der Waals surface area contributed by atoms with E-state index in [0.717, 1.165) is 6.26 Å². The van der Waals surface area contributed by atoms with E-state index < -0.39 is 9.84 Å². The summed E-state index contributed by atoms with van der Waals surface area (Å²) < 4.78 is 28.2. The lowest BCUT2D eigenvalue weighted by Crippen LogP contribution is -2.23. The molecule has 0 bridgehead atoms. The number of hydrogen-bond acceptors (Lipinski definition) is 4. The number of furan rings is 1. The topological polar surface area (TPSA) is 76.4 Å². The molecule has 5 nitrogen and oxygen atoms in total. The molecule has 0 aliphatic carbocycles. The van der Waals surface area contributed by atoms with Gasteiger partial charge in [-0.15, -0.1) is 0 Å². The van der Waals surface area contributed by atoms with E-state index in [2.05, 4.69) is 5.32 Å². The molecule has 0 aliphatic rings. The minimum Gasteiger partial charge on any atom is -0.467 e. The number of benzene rings is 1. The minimum atomic E-state index is -3.33. The molecule has 0 spiro atoms. The lowest BCUT2D eigenvalue weighted by atomic mass is 10.1. The summed E-state index contributed by atoms with van der Waals surface area (Å²) in [5, 5.41) is 2.69. The number of sulfone groups is 1. The van der Waals surface area contributed by atoms with Crippen molar-refractivity contribution in [1.82, 2.24) is 5.32 Å². The summed E-state index contributed by atoms with van der Waals surface area (Å²) in [7, 11) is -3.33. The molecule has 2 rings (SSSR count). The highest BCUT2D eigenvalue weighted by molar-refractivity contribution is 7.90. The van der Waals surface area contributed by atoms with E-state index in [-0.39, 0.29) is 17.3 Å². The second kappa shape index (κ2) is 5.50. The van der Waals surface area contributed by atoms with E-state index in [9.17, 15) is 13.2 Å². The molecule has 6 heteroatoms. The molecule has 0 aliphatic heterocycles. The van der Waals surface area contributed by atoms with Crippen LogP contribution < -0.4 is 5.32 Å². The predicted molar refractivity (Wildman–Crippen MR) is 74.2 cm³/mol. The molecule has 0 fully saturated rings. The highest BCUT2D eigenvalue weighted by atomic mass is 32.2. The summed E-state index contributed by atoms with van der Waals surface area (Å²) in [6.45, 7) is 2.02. The average Bonchev–Trinajstić information content (AvgIpc) is 2.88. The van der Waals surface area contributed by atoms with Gasteiger partial charge in [0, 0.05) is 11.8 Å². The summed E-state index contributed by atoms with van der Waals surface area (Å²) >= 11 is 0. The SMILES string of the molecule is Cc1ccc(S(C)(=O)=O)cc1C(=O)NCc1ccco1. The Kier molecular flexibility index (Phi) is 3.94. The second-order valence-electron chi connectivity index (χ2n) is 4.51. The van der Waals surface area contributed by atoms with Gasteiger partial charge in [0.05, 0.1) is 17.7 Å². The molecule has 1 aromatic heterocycles. The number of nitrogens with one attached hydrogen (secondary N) is 1. The highest BCUT2D eigenvalue weighted by Crippen LogP contribution is 2.15. The molecule has 1 aromatic carbocycles. The fraction of sp³-hybridized carbons (Fsp3) is 0.214. The normalized spacial score (nSPS) is 11.3. The van der Waals surface area contributed by atoms with Crippen molar-refractivity contribution in [3.05, 3.63) is 53.5 Å². The minimum absolute atomic E-state index is 0.131. The molecule has 1 heterocycles. The Labute approximate surface area is 117 Å². The van der Waals surface area contributed by atoms with Crippen LogP contribution in [0.5, 0.6) is 0 Å². The van der Waals surface area contributed by atoms with Crippen molar-refractivity contribution in [1.29, 1.82) is 0 Å². The van der Waals surface area contributed by atoms with Crippen molar-refractivity contribution < 1.29 is 17.6 Å². The first-order valence-corrected chi connectivity index (χ1v) is 7.88. The Morgan fingerprint density at radius 2 is 2.05 bits per heavy atom. The number of carbonyl (C=O) groups excluding carboxylic acids is 1. The summed E-state index contributed by atoms with van der Waals surface area (Å²) in [6.07, 6.45) is 2.64. The molecule has 1 amide bonds. The van der Waals surface area contributed by atoms with Crippen LogP contribution >= 0.6 is 0 Å². The Bertz CT molecular complexity index is 718. The molecule has 0 saturated heterocycles. The van der Waals surface area contributed by atoms with Crippen LogP contribution in [0.25, 0.3) is 0 Å². The zero-order valence-electron chi connectivity index (χ0n) is 11.2. The third-order valence-electron chi connectivity index (χ3n) is 2.89. The van der Waals surface area contributed by atoms with Gasteiger partial charge in [-0.05, 0) is 36.8 Å². The quantitative estimate of drug-likeness (QED) is 0.934. The van der Waals surface area contributed by atoms with E-state index >= 15 is 0 Å². The van der Waals surface area contributed by atoms with Crippen molar-refractivity contribution in [2.45, 2.75) is 18.4 Å². The van der Waals surface area contributed by atoms with Crippen molar-refractivity contribution in [2.75, 3.05) is 6.26 Å². The van der Waals surface area contributed by atoms with Crippen molar-refractivity contribution in [3.63, 3.8) is 0 Å². The van der Waals surface area contributed by atoms with Crippen LogP contribution in [0.4, 0.5) is 0 Å². The van der Waals surface area contributed by atoms with Gasteiger partial charge in [0.2, 0.25) is 0 Å². The fourth-order valence-corrected chi connectivity index (χ4v) is 2.40. The van der Waals surface area contributed by atoms with Gasteiger partial charge >= 0.3 is 0 Å². The highest BCUT2D eigenvalue weighted by Gasteiger charge is 2.14. The van der Waals surface area contributed by atoms with Crippen LogP contribution in [0.2, 0.25) is 0 Å². The Morgan fingerprint density at radius 1 is 1.30 bits per heavy atom. The van der Waals surface area contributed by atoms with Crippen LogP contribution in [0, 0.1) is 6.92 Å². The number of carbonyl (C=O) groups is 1. The average molecular weight is 293 g/mol. The van der Waals surface area contributed by atoms with Crippen LogP contribution in [-0.4, -0.2) is 20.6 Å². The van der Waals surface area contributed by atoms with Gasteiger partial charge in [-0.2, -0.15) is 0 Å². The number of hydrogen-bond donors (Lipinski definition) is 1. The van der Waals surface area contributed by atoms with Gasteiger partial charge in [0.1, 0.15) is 5.76 Å². The molecule has 0 unspecified atom stereocenters. The van der Waals surface area contributed by atoms with Gasteiger partial charge in [0.15, 0.2) is 9.84 Å². The monoisotopic (exact) mass is 293 g/mol. The van der Waals surface area contributed by atoms with Crippen LogP contribution in [0.1, 0.15) is 21.7 Å². The van der Waals surface area contributed by atoms with Gasteiger partial charge in [-0.1, -0.05) is 6.07 Å². The first-order chi connectivity index (χ1) is 9.38. The Hall–Kier alpha value is -2.08. The second-order valence-corrected chi connectivity index (χ2v) is 6.53. The van der Waals surface area contributed by atoms with Crippen LogP contribution in [0.15, 0.2) is 45.9 Å². The van der Waals surface area contributed by atoms with E-state index in [1.165, 1.54) is 18.4 Å². The number of aryl methyl sites for hydroxylation is 1. The van der Waals surface area contributed by atoms with Crippen LogP contribution in [0.3, 0.4) is 0 Å². The molecular weight excluding hydrogens is 278 g/mol. The first kappa shape index (κ1) is 14.3. The van der Waals surface area contributed by atoms with Crippen LogP contribution in [-0.2, 0) is 16.4 Å². The Morgan fingerprint density at radius 3 is 2.65 bits per heavy atom. The lowest BCUT2D eigenvalue weighted by molar-refractivity contribution is 0.0947. The lowest BCUT2D eigenvalue weighted by Gasteiger charge is -2.08. The molecule has 1 N–H and O–H groups in total. The summed E-state index contributed by atoms with van der Waals surface area (Å²) in [6, 6.07) is 7.99. The van der Waals surface area contributed by atoms with Crippen molar-refractivity contribution >= 4 is 15.7 Å². The third kappa shape index (κ3) is 3.27. The summed E-state index contributed by atoms with van der Waals surface area (Å²) in [4.78, 5) is 12.2. The largest absolute Gasteiger partial charge is 0.467 e. The zero-order chi connectivity index (χ0) is 14.8. The molecule has 2 aromatic rings. The van der Waals surface area contributed by atoms with Crippen molar-refractivity contribution in [3.8, 4) is 0 Å². The zero-order valence-corrected chi connectivity index (χ0v) is 12.0. The molecular formula is C14H15NO4S. The molecule has 0 saturated carbocycles.